The minimum absolute atomic E-state index is 0.0880. The van der Waals surface area contributed by atoms with E-state index in [9.17, 15) is 4.79 Å². The highest BCUT2D eigenvalue weighted by molar-refractivity contribution is 5.66. The normalized spacial score (nSPS) is 24.3. The van der Waals surface area contributed by atoms with Crippen LogP contribution in [-0.2, 0) is 9.53 Å². The Kier molecular flexibility index (Phi) is 4.22. The van der Waals surface area contributed by atoms with Crippen LogP contribution in [-0.4, -0.2) is 24.7 Å². The monoisotopic (exact) mass is 185 g/mol. The third-order valence-corrected chi connectivity index (χ3v) is 2.44. The topological polar surface area (TPSA) is 38.3 Å². The van der Waals surface area contributed by atoms with Gasteiger partial charge in [0.25, 0.3) is 0 Å². The summed E-state index contributed by atoms with van der Waals surface area (Å²) in [5, 5.41) is 3.37. The van der Waals surface area contributed by atoms with E-state index < -0.39 is 0 Å². The molecule has 2 atom stereocenters. The first-order valence-corrected chi connectivity index (χ1v) is 5.14. The summed E-state index contributed by atoms with van der Waals surface area (Å²) in [6.45, 7) is 4.66. The Morgan fingerprint density at radius 2 is 2.46 bits per heavy atom. The van der Waals surface area contributed by atoms with Gasteiger partial charge in [0.1, 0.15) is 6.10 Å². The van der Waals surface area contributed by atoms with Gasteiger partial charge >= 0.3 is 5.97 Å². The molecule has 2 unspecified atom stereocenters. The number of hydrogen-bond acceptors (Lipinski definition) is 3. The third-order valence-electron chi connectivity index (χ3n) is 2.44. The second kappa shape index (κ2) is 5.22. The van der Waals surface area contributed by atoms with Crippen LogP contribution >= 0.6 is 0 Å². The molecule has 0 saturated carbocycles. The molecule has 1 saturated heterocycles. The maximum Gasteiger partial charge on any atom is 0.302 e. The van der Waals surface area contributed by atoms with Gasteiger partial charge in [-0.3, -0.25) is 4.79 Å². The van der Waals surface area contributed by atoms with Crippen molar-refractivity contribution in [3.63, 3.8) is 0 Å². The van der Waals surface area contributed by atoms with Crippen LogP contribution in [0.5, 0.6) is 0 Å². The van der Waals surface area contributed by atoms with Crippen LogP contribution in [0.15, 0.2) is 0 Å². The van der Waals surface area contributed by atoms with Crippen LogP contribution in [0.25, 0.3) is 0 Å². The summed E-state index contributed by atoms with van der Waals surface area (Å²) >= 11 is 0. The predicted octanol–water partition coefficient (Wildman–Crippen LogP) is 1.47. The SMILES string of the molecule is CCCC(OC(C)=O)C1CCCN1. The van der Waals surface area contributed by atoms with Crippen molar-refractivity contribution in [3.05, 3.63) is 0 Å². The van der Waals surface area contributed by atoms with Gasteiger partial charge in [0, 0.05) is 13.0 Å². The van der Waals surface area contributed by atoms with Gasteiger partial charge in [-0.25, -0.2) is 0 Å². The molecular weight excluding hydrogens is 166 g/mol. The third kappa shape index (κ3) is 3.35. The standard InChI is InChI=1S/C10H19NO2/c1-3-5-10(13-8(2)12)9-6-4-7-11-9/h9-11H,3-7H2,1-2H3. The molecule has 0 aromatic heterocycles. The highest BCUT2D eigenvalue weighted by Gasteiger charge is 2.25. The van der Waals surface area contributed by atoms with Gasteiger partial charge in [-0.05, 0) is 25.8 Å². The Labute approximate surface area is 79.8 Å². The molecule has 1 aliphatic rings. The molecule has 1 fully saturated rings. The van der Waals surface area contributed by atoms with E-state index in [4.69, 9.17) is 4.74 Å². The summed E-state index contributed by atoms with van der Waals surface area (Å²) < 4.78 is 5.27. The molecule has 3 heteroatoms. The average molecular weight is 185 g/mol. The van der Waals surface area contributed by atoms with Crippen molar-refractivity contribution in [1.82, 2.24) is 5.32 Å². The summed E-state index contributed by atoms with van der Waals surface area (Å²) in [5.74, 6) is -0.160. The van der Waals surface area contributed by atoms with Crippen molar-refractivity contribution >= 4 is 5.97 Å². The number of ether oxygens (including phenoxy) is 1. The van der Waals surface area contributed by atoms with E-state index in [-0.39, 0.29) is 12.1 Å². The molecule has 1 aliphatic heterocycles. The number of rotatable bonds is 4. The van der Waals surface area contributed by atoms with E-state index >= 15 is 0 Å². The molecule has 0 spiro atoms. The molecule has 0 aromatic carbocycles. The molecule has 0 aromatic rings. The van der Waals surface area contributed by atoms with Crippen LogP contribution in [0.3, 0.4) is 0 Å². The number of esters is 1. The van der Waals surface area contributed by atoms with E-state index in [2.05, 4.69) is 12.2 Å². The summed E-state index contributed by atoms with van der Waals surface area (Å²) in [4.78, 5) is 10.8. The lowest BCUT2D eigenvalue weighted by Crippen LogP contribution is -2.37. The molecule has 1 heterocycles. The number of hydrogen-bond donors (Lipinski definition) is 1. The van der Waals surface area contributed by atoms with Crippen molar-refractivity contribution in [2.75, 3.05) is 6.54 Å². The van der Waals surface area contributed by atoms with Crippen molar-refractivity contribution in [2.24, 2.45) is 0 Å². The Balaban J connectivity index is 2.39. The highest BCUT2D eigenvalue weighted by atomic mass is 16.5. The second-order valence-corrected chi connectivity index (χ2v) is 3.64. The molecule has 0 radical (unpaired) electrons. The number of carbonyl (C=O) groups excluding carboxylic acids is 1. The van der Waals surface area contributed by atoms with Gasteiger partial charge in [-0.2, -0.15) is 0 Å². The largest absolute Gasteiger partial charge is 0.461 e. The summed E-state index contributed by atoms with van der Waals surface area (Å²) in [6.07, 6.45) is 4.46. The lowest BCUT2D eigenvalue weighted by Gasteiger charge is -2.22. The van der Waals surface area contributed by atoms with Crippen molar-refractivity contribution < 1.29 is 9.53 Å². The average Bonchev–Trinajstić information content (AvgIpc) is 2.54. The molecule has 0 aliphatic carbocycles. The Morgan fingerprint density at radius 1 is 1.69 bits per heavy atom. The van der Waals surface area contributed by atoms with Crippen LogP contribution in [0.4, 0.5) is 0 Å². The molecule has 1 N–H and O–H groups in total. The van der Waals surface area contributed by atoms with Gasteiger partial charge < -0.3 is 10.1 Å². The zero-order chi connectivity index (χ0) is 9.68. The van der Waals surface area contributed by atoms with Gasteiger partial charge in [0.2, 0.25) is 0 Å². The minimum atomic E-state index is -0.160. The van der Waals surface area contributed by atoms with Crippen molar-refractivity contribution in [3.8, 4) is 0 Å². The molecule has 0 bridgehead atoms. The first-order valence-electron chi connectivity index (χ1n) is 5.14. The lowest BCUT2D eigenvalue weighted by atomic mass is 10.0. The Morgan fingerprint density at radius 3 is 2.92 bits per heavy atom. The van der Waals surface area contributed by atoms with E-state index in [0.717, 1.165) is 25.8 Å². The number of nitrogens with one attached hydrogen (secondary N) is 1. The minimum Gasteiger partial charge on any atom is -0.461 e. The Bertz CT molecular complexity index is 164. The fourth-order valence-corrected chi connectivity index (χ4v) is 1.87. The summed E-state index contributed by atoms with van der Waals surface area (Å²) in [5.41, 5.74) is 0. The van der Waals surface area contributed by atoms with Gasteiger partial charge in [-0.1, -0.05) is 13.3 Å². The fourth-order valence-electron chi connectivity index (χ4n) is 1.87. The molecular formula is C10H19NO2. The molecule has 13 heavy (non-hydrogen) atoms. The fraction of sp³-hybridized carbons (Fsp3) is 0.900. The smallest absolute Gasteiger partial charge is 0.302 e. The van der Waals surface area contributed by atoms with E-state index in [1.165, 1.54) is 13.3 Å². The molecule has 3 nitrogen and oxygen atoms in total. The zero-order valence-electron chi connectivity index (χ0n) is 8.51. The van der Waals surface area contributed by atoms with E-state index in [1.807, 2.05) is 0 Å². The number of carbonyl (C=O) groups is 1. The Hall–Kier alpha value is -0.570. The van der Waals surface area contributed by atoms with E-state index in [0.29, 0.717) is 6.04 Å². The lowest BCUT2D eigenvalue weighted by molar-refractivity contribution is -0.148. The van der Waals surface area contributed by atoms with Crippen molar-refractivity contribution in [2.45, 2.75) is 51.7 Å². The van der Waals surface area contributed by atoms with Crippen LogP contribution < -0.4 is 5.32 Å². The summed E-state index contributed by atoms with van der Waals surface area (Å²) in [7, 11) is 0. The highest BCUT2D eigenvalue weighted by Crippen LogP contribution is 2.16. The van der Waals surface area contributed by atoms with Gasteiger partial charge in [0.05, 0.1) is 0 Å². The first kappa shape index (κ1) is 10.5. The maximum absolute atomic E-state index is 10.8. The zero-order valence-corrected chi connectivity index (χ0v) is 8.51. The van der Waals surface area contributed by atoms with Crippen LogP contribution in [0, 0.1) is 0 Å². The second-order valence-electron chi connectivity index (χ2n) is 3.64. The predicted molar refractivity (Wildman–Crippen MR) is 51.5 cm³/mol. The van der Waals surface area contributed by atoms with Gasteiger partial charge in [-0.15, -0.1) is 0 Å². The molecule has 76 valence electrons. The molecule has 0 amide bonds. The summed E-state index contributed by atoms with van der Waals surface area (Å²) in [6, 6.07) is 0.392. The van der Waals surface area contributed by atoms with Gasteiger partial charge in [0.15, 0.2) is 0 Å². The molecule has 1 rings (SSSR count). The maximum atomic E-state index is 10.8. The van der Waals surface area contributed by atoms with E-state index in [1.54, 1.807) is 0 Å². The van der Waals surface area contributed by atoms with Crippen LogP contribution in [0.1, 0.15) is 39.5 Å². The van der Waals surface area contributed by atoms with Crippen LogP contribution in [0.2, 0.25) is 0 Å². The first-order chi connectivity index (χ1) is 6.24. The quantitative estimate of drug-likeness (QED) is 0.674. The van der Waals surface area contributed by atoms with Crippen molar-refractivity contribution in [1.29, 1.82) is 0 Å².